The van der Waals surface area contributed by atoms with Crippen LogP contribution >= 0.6 is 11.3 Å². The Balaban J connectivity index is 1.71. The van der Waals surface area contributed by atoms with Gasteiger partial charge in [0.2, 0.25) is 5.91 Å². The van der Waals surface area contributed by atoms with E-state index in [9.17, 15) is 4.79 Å². The van der Waals surface area contributed by atoms with Gasteiger partial charge in [-0.05, 0) is 36.8 Å². The average Bonchev–Trinajstić information content (AvgIpc) is 3.10. The van der Waals surface area contributed by atoms with Crippen LogP contribution in [0.25, 0.3) is 16.3 Å². The van der Waals surface area contributed by atoms with E-state index in [2.05, 4.69) is 17.2 Å². The van der Waals surface area contributed by atoms with E-state index in [0.717, 1.165) is 28.1 Å². The second-order valence-corrected chi connectivity index (χ2v) is 6.97. The van der Waals surface area contributed by atoms with E-state index in [1.54, 1.807) is 36.7 Å². The first-order chi connectivity index (χ1) is 13.2. The Hall–Kier alpha value is -2.86. The predicted octanol–water partition coefficient (Wildman–Crippen LogP) is 5.14. The lowest BCUT2D eigenvalue weighted by Crippen LogP contribution is -2.10. The number of nitrogens with zero attached hydrogens (tertiary/aromatic N) is 1. The van der Waals surface area contributed by atoms with Gasteiger partial charge in [-0.3, -0.25) is 4.79 Å². The third kappa shape index (κ3) is 5.08. The molecule has 0 aliphatic carbocycles. The number of hydrogen-bond acceptors (Lipinski definition) is 5. The van der Waals surface area contributed by atoms with E-state index < -0.39 is 0 Å². The molecule has 1 N–H and O–H groups in total. The summed E-state index contributed by atoms with van der Waals surface area (Å²) in [4.78, 5) is 16.9. The fraction of sp³-hybridized carbons (Fsp3) is 0.238. The summed E-state index contributed by atoms with van der Waals surface area (Å²) in [5, 5.41) is 3.65. The largest absolute Gasteiger partial charge is 0.497 e. The zero-order valence-electron chi connectivity index (χ0n) is 15.4. The first kappa shape index (κ1) is 18.9. The lowest BCUT2D eigenvalue weighted by atomic mass is 10.2. The maximum Gasteiger partial charge on any atom is 0.248 e. The first-order valence-corrected chi connectivity index (χ1v) is 9.66. The van der Waals surface area contributed by atoms with Gasteiger partial charge in [0.15, 0.2) is 0 Å². The Morgan fingerprint density at radius 1 is 1.26 bits per heavy atom. The highest BCUT2D eigenvalue weighted by molar-refractivity contribution is 7.19. The SMILES string of the molecule is CCCCOc1ccc(OC)cc1NC(=O)/C=C/c1nc2ccccc2s1. The zero-order chi connectivity index (χ0) is 19.1. The summed E-state index contributed by atoms with van der Waals surface area (Å²) >= 11 is 1.55. The highest BCUT2D eigenvalue weighted by Crippen LogP contribution is 2.29. The molecular weight excluding hydrogens is 360 g/mol. The Kier molecular flexibility index (Phi) is 6.44. The lowest BCUT2D eigenvalue weighted by Gasteiger charge is -2.13. The molecule has 1 heterocycles. The van der Waals surface area contributed by atoms with Gasteiger partial charge in [-0.15, -0.1) is 11.3 Å². The molecule has 3 rings (SSSR count). The summed E-state index contributed by atoms with van der Waals surface area (Å²) in [5.74, 6) is 1.04. The van der Waals surface area contributed by atoms with E-state index >= 15 is 0 Å². The van der Waals surface area contributed by atoms with Crippen LogP contribution in [0.4, 0.5) is 5.69 Å². The second-order valence-electron chi connectivity index (χ2n) is 5.91. The van der Waals surface area contributed by atoms with Crippen LogP contribution in [0.15, 0.2) is 48.5 Å². The van der Waals surface area contributed by atoms with Crippen molar-refractivity contribution in [3.63, 3.8) is 0 Å². The number of thiazole rings is 1. The van der Waals surface area contributed by atoms with Gasteiger partial charge in [0.25, 0.3) is 0 Å². The van der Waals surface area contributed by atoms with Gasteiger partial charge in [-0.25, -0.2) is 4.98 Å². The minimum atomic E-state index is -0.247. The van der Waals surface area contributed by atoms with Crippen molar-refractivity contribution >= 4 is 39.2 Å². The molecule has 5 nitrogen and oxygen atoms in total. The number of hydrogen-bond donors (Lipinski definition) is 1. The number of carbonyl (C=O) groups is 1. The summed E-state index contributed by atoms with van der Waals surface area (Å²) in [5.41, 5.74) is 1.52. The van der Waals surface area contributed by atoms with Crippen LogP contribution in [0.5, 0.6) is 11.5 Å². The molecule has 0 bridgehead atoms. The highest BCUT2D eigenvalue weighted by Gasteiger charge is 2.09. The summed E-state index contributed by atoms with van der Waals surface area (Å²) in [6, 6.07) is 13.3. The number of anilines is 1. The molecule has 0 unspecified atom stereocenters. The first-order valence-electron chi connectivity index (χ1n) is 8.85. The van der Waals surface area contributed by atoms with Crippen molar-refractivity contribution in [2.45, 2.75) is 19.8 Å². The van der Waals surface area contributed by atoms with E-state index in [1.165, 1.54) is 6.08 Å². The number of aromatic nitrogens is 1. The van der Waals surface area contributed by atoms with Gasteiger partial charge in [0.1, 0.15) is 16.5 Å². The van der Waals surface area contributed by atoms with Gasteiger partial charge in [0, 0.05) is 12.1 Å². The third-order valence-electron chi connectivity index (χ3n) is 3.89. The molecule has 6 heteroatoms. The molecule has 3 aromatic rings. The Morgan fingerprint density at radius 3 is 2.89 bits per heavy atom. The van der Waals surface area contributed by atoms with Crippen molar-refractivity contribution in [1.82, 2.24) is 4.98 Å². The summed E-state index contributed by atoms with van der Waals surface area (Å²) < 4.78 is 12.1. The number of unbranched alkanes of at least 4 members (excludes halogenated alkanes) is 1. The Labute approximate surface area is 162 Å². The maximum absolute atomic E-state index is 12.4. The minimum absolute atomic E-state index is 0.247. The number of para-hydroxylation sites is 1. The van der Waals surface area contributed by atoms with Crippen molar-refractivity contribution in [3.05, 3.63) is 53.5 Å². The van der Waals surface area contributed by atoms with Crippen LogP contribution in [0, 0.1) is 0 Å². The predicted molar refractivity (Wildman–Crippen MR) is 111 cm³/mol. The molecule has 0 atom stereocenters. The molecular formula is C21H22N2O3S. The molecule has 1 amide bonds. The lowest BCUT2D eigenvalue weighted by molar-refractivity contribution is -0.111. The number of amides is 1. The van der Waals surface area contributed by atoms with Crippen LogP contribution in [-0.2, 0) is 4.79 Å². The average molecular weight is 382 g/mol. The summed E-state index contributed by atoms with van der Waals surface area (Å²) in [7, 11) is 1.59. The fourth-order valence-electron chi connectivity index (χ4n) is 2.47. The second kappa shape index (κ2) is 9.19. The number of ether oxygens (including phenoxy) is 2. The van der Waals surface area contributed by atoms with Crippen LogP contribution < -0.4 is 14.8 Å². The molecule has 0 fully saturated rings. The topological polar surface area (TPSA) is 60.5 Å². The zero-order valence-corrected chi connectivity index (χ0v) is 16.2. The smallest absolute Gasteiger partial charge is 0.248 e. The standard InChI is InChI=1S/C21H22N2O3S/c1-3-4-13-26-18-10-9-15(25-2)14-17(18)22-20(24)11-12-21-23-16-7-5-6-8-19(16)27-21/h5-12,14H,3-4,13H2,1-2H3,(H,22,24)/b12-11+. The minimum Gasteiger partial charge on any atom is -0.497 e. The molecule has 0 spiro atoms. The van der Waals surface area contributed by atoms with Crippen LogP contribution in [-0.4, -0.2) is 24.6 Å². The van der Waals surface area contributed by atoms with Crippen LogP contribution in [0.3, 0.4) is 0 Å². The normalized spacial score (nSPS) is 11.0. The fourth-order valence-corrected chi connectivity index (χ4v) is 3.34. The molecule has 0 aliphatic rings. The molecule has 2 aromatic carbocycles. The molecule has 0 aliphatic heterocycles. The Morgan fingerprint density at radius 2 is 2.11 bits per heavy atom. The van der Waals surface area contributed by atoms with E-state index in [1.807, 2.05) is 30.3 Å². The summed E-state index contributed by atoms with van der Waals surface area (Å²) in [6.45, 7) is 2.71. The number of fused-ring (bicyclic) bond motifs is 1. The van der Waals surface area contributed by atoms with Crippen molar-refractivity contribution < 1.29 is 14.3 Å². The van der Waals surface area contributed by atoms with E-state index in [4.69, 9.17) is 9.47 Å². The summed E-state index contributed by atoms with van der Waals surface area (Å²) in [6.07, 6.45) is 5.20. The molecule has 1 aromatic heterocycles. The van der Waals surface area contributed by atoms with Gasteiger partial charge in [-0.1, -0.05) is 25.5 Å². The highest BCUT2D eigenvalue weighted by atomic mass is 32.1. The van der Waals surface area contributed by atoms with E-state index in [0.29, 0.717) is 23.8 Å². The van der Waals surface area contributed by atoms with Gasteiger partial charge in [-0.2, -0.15) is 0 Å². The Bertz CT molecular complexity index is 917. The van der Waals surface area contributed by atoms with Crippen molar-refractivity contribution in [1.29, 1.82) is 0 Å². The maximum atomic E-state index is 12.4. The monoisotopic (exact) mass is 382 g/mol. The number of nitrogens with one attached hydrogen (secondary N) is 1. The van der Waals surface area contributed by atoms with Crippen LogP contribution in [0.1, 0.15) is 24.8 Å². The van der Waals surface area contributed by atoms with E-state index in [-0.39, 0.29) is 5.91 Å². The van der Waals surface area contributed by atoms with Gasteiger partial charge < -0.3 is 14.8 Å². The third-order valence-corrected chi connectivity index (χ3v) is 4.89. The number of carbonyl (C=O) groups excluding carboxylic acids is 1. The van der Waals surface area contributed by atoms with Gasteiger partial charge >= 0.3 is 0 Å². The number of methoxy groups -OCH3 is 1. The van der Waals surface area contributed by atoms with Crippen molar-refractivity contribution in [3.8, 4) is 11.5 Å². The van der Waals surface area contributed by atoms with Crippen molar-refractivity contribution in [2.75, 3.05) is 19.0 Å². The molecule has 0 radical (unpaired) electrons. The van der Waals surface area contributed by atoms with Crippen LogP contribution in [0.2, 0.25) is 0 Å². The molecule has 0 saturated carbocycles. The van der Waals surface area contributed by atoms with Crippen molar-refractivity contribution in [2.24, 2.45) is 0 Å². The molecule has 140 valence electrons. The number of benzene rings is 2. The molecule has 27 heavy (non-hydrogen) atoms. The number of rotatable bonds is 8. The molecule has 0 saturated heterocycles. The quantitative estimate of drug-likeness (QED) is 0.433. The van der Waals surface area contributed by atoms with Gasteiger partial charge in [0.05, 0.1) is 29.6 Å².